The van der Waals surface area contributed by atoms with Crippen LogP contribution in [0.5, 0.6) is 0 Å². The monoisotopic (exact) mass is 281 g/mol. The second-order valence-corrected chi connectivity index (χ2v) is 5.15. The predicted molar refractivity (Wildman–Crippen MR) is 74.1 cm³/mol. The van der Waals surface area contributed by atoms with Gasteiger partial charge < -0.3 is 14.6 Å². The third kappa shape index (κ3) is 4.57. The molecule has 1 amide bonds. The molecule has 1 aromatic heterocycles. The van der Waals surface area contributed by atoms with Gasteiger partial charge in [0.15, 0.2) is 0 Å². The molecule has 2 heterocycles. The van der Waals surface area contributed by atoms with Crippen molar-refractivity contribution in [2.45, 2.75) is 26.3 Å². The van der Waals surface area contributed by atoms with Gasteiger partial charge in [-0.05, 0) is 26.6 Å². The molecule has 0 saturated carbocycles. The summed E-state index contributed by atoms with van der Waals surface area (Å²) >= 11 is 0. The molecule has 0 radical (unpaired) electrons. The second kappa shape index (κ2) is 7.35. The largest absolute Gasteiger partial charge is 0.423 e. The zero-order valence-corrected chi connectivity index (χ0v) is 12.3. The maximum absolute atomic E-state index is 11.9. The average Bonchev–Trinajstić information content (AvgIpc) is 2.81. The van der Waals surface area contributed by atoms with E-state index in [0.717, 1.165) is 32.6 Å². The molecule has 1 aliphatic heterocycles. The standard InChI is InChI=1S/C13H23N5O2/c1-3-12-15-16-13(20-12)9-14-11(19)10-18-6-4-5-17(2)7-8-18/h3-10H2,1-2H3,(H,14,19). The van der Waals surface area contributed by atoms with Gasteiger partial charge >= 0.3 is 0 Å². The van der Waals surface area contributed by atoms with Crippen molar-refractivity contribution in [3.05, 3.63) is 11.8 Å². The summed E-state index contributed by atoms with van der Waals surface area (Å²) in [6.07, 6.45) is 1.82. The summed E-state index contributed by atoms with van der Waals surface area (Å²) in [4.78, 5) is 16.4. The van der Waals surface area contributed by atoms with Crippen LogP contribution in [0.2, 0.25) is 0 Å². The lowest BCUT2D eigenvalue weighted by atomic mass is 10.4. The molecule has 0 bridgehead atoms. The summed E-state index contributed by atoms with van der Waals surface area (Å²) < 4.78 is 5.35. The molecular weight excluding hydrogens is 258 g/mol. The van der Waals surface area contributed by atoms with E-state index in [9.17, 15) is 4.79 Å². The quantitative estimate of drug-likeness (QED) is 0.811. The molecule has 112 valence electrons. The van der Waals surface area contributed by atoms with E-state index in [1.54, 1.807) is 0 Å². The molecule has 1 aromatic rings. The van der Waals surface area contributed by atoms with E-state index >= 15 is 0 Å². The maximum atomic E-state index is 11.9. The molecule has 0 spiro atoms. The molecule has 20 heavy (non-hydrogen) atoms. The van der Waals surface area contributed by atoms with Crippen molar-refractivity contribution >= 4 is 5.91 Å². The molecule has 1 N–H and O–H groups in total. The number of nitrogens with zero attached hydrogens (tertiary/aromatic N) is 4. The lowest BCUT2D eigenvalue weighted by Crippen LogP contribution is -2.38. The number of likely N-dealkylation sites (N-methyl/N-ethyl adjacent to an activating group) is 1. The van der Waals surface area contributed by atoms with Gasteiger partial charge in [-0.15, -0.1) is 10.2 Å². The van der Waals surface area contributed by atoms with Crippen molar-refractivity contribution in [1.29, 1.82) is 0 Å². The number of hydrogen-bond donors (Lipinski definition) is 1. The summed E-state index contributed by atoms with van der Waals surface area (Å²) in [6, 6.07) is 0. The van der Waals surface area contributed by atoms with Gasteiger partial charge in [0.05, 0.1) is 13.1 Å². The Hall–Kier alpha value is -1.47. The highest BCUT2D eigenvalue weighted by Gasteiger charge is 2.15. The highest BCUT2D eigenvalue weighted by Crippen LogP contribution is 2.01. The molecule has 1 aliphatic rings. The fraction of sp³-hybridized carbons (Fsp3) is 0.769. The van der Waals surface area contributed by atoms with E-state index in [1.165, 1.54) is 0 Å². The number of amides is 1. The summed E-state index contributed by atoms with van der Waals surface area (Å²) in [5.74, 6) is 1.07. The Bertz CT molecular complexity index is 434. The third-order valence-corrected chi connectivity index (χ3v) is 3.43. The minimum absolute atomic E-state index is 0.00537. The summed E-state index contributed by atoms with van der Waals surface area (Å²) in [7, 11) is 2.12. The van der Waals surface area contributed by atoms with Crippen molar-refractivity contribution in [1.82, 2.24) is 25.3 Å². The first-order chi connectivity index (χ1) is 9.67. The van der Waals surface area contributed by atoms with Gasteiger partial charge in [-0.2, -0.15) is 0 Å². The van der Waals surface area contributed by atoms with E-state index in [0.29, 0.717) is 31.3 Å². The van der Waals surface area contributed by atoms with Crippen LogP contribution in [0.3, 0.4) is 0 Å². The maximum Gasteiger partial charge on any atom is 0.235 e. The van der Waals surface area contributed by atoms with E-state index in [1.807, 2.05) is 6.92 Å². The molecular formula is C13H23N5O2. The molecule has 7 heteroatoms. The molecule has 7 nitrogen and oxygen atoms in total. The Balaban J connectivity index is 1.72. The topological polar surface area (TPSA) is 74.5 Å². The van der Waals surface area contributed by atoms with Gasteiger partial charge in [0.1, 0.15) is 0 Å². The first-order valence-electron chi connectivity index (χ1n) is 7.16. The molecule has 0 aromatic carbocycles. The van der Waals surface area contributed by atoms with Crippen LogP contribution in [0.1, 0.15) is 25.1 Å². The molecule has 0 unspecified atom stereocenters. The number of carbonyl (C=O) groups is 1. The highest BCUT2D eigenvalue weighted by atomic mass is 16.4. The van der Waals surface area contributed by atoms with Crippen LogP contribution in [0, 0.1) is 0 Å². The van der Waals surface area contributed by atoms with Crippen LogP contribution >= 0.6 is 0 Å². The van der Waals surface area contributed by atoms with Crippen LogP contribution in [0.15, 0.2) is 4.42 Å². The number of nitrogens with one attached hydrogen (secondary N) is 1. The SMILES string of the molecule is CCc1nnc(CNC(=O)CN2CCCN(C)CC2)o1. The van der Waals surface area contributed by atoms with E-state index in [2.05, 4.69) is 32.4 Å². The van der Waals surface area contributed by atoms with Gasteiger partial charge in [-0.25, -0.2) is 0 Å². The molecule has 1 fully saturated rings. The number of aromatic nitrogens is 2. The minimum Gasteiger partial charge on any atom is -0.423 e. The zero-order valence-electron chi connectivity index (χ0n) is 12.3. The first-order valence-corrected chi connectivity index (χ1v) is 7.16. The fourth-order valence-electron chi connectivity index (χ4n) is 2.19. The smallest absolute Gasteiger partial charge is 0.235 e. The van der Waals surface area contributed by atoms with Gasteiger partial charge in [0.25, 0.3) is 0 Å². The first kappa shape index (κ1) is 14.9. The van der Waals surface area contributed by atoms with Crippen molar-refractivity contribution in [3.63, 3.8) is 0 Å². The van der Waals surface area contributed by atoms with Crippen molar-refractivity contribution in [2.75, 3.05) is 39.8 Å². The highest BCUT2D eigenvalue weighted by molar-refractivity contribution is 5.77. The van der Waals surface area contributed by atoms with E-state index in [-0.39, 0.29) is 5.91 Å². The van der Waals surface area contributed by atoms with Crippen molar-refractivity contribution in [2.24, 2.45) is 0 Å². The molecule has 2 rings (SSSR count). The average molecular weight is 281 g/mol. The van der Waals surface area contributed by atoms with Crippen LogP contribution in [-0.4, -0.2) is 65.7 Å². The second-order valence-electron chi connectivity index (χ2n) is 5.15. The Labute approximate surface area is 119 Å². The number of rotatable bonds is 5. The predicted octanol–water partition coefficient (Wildman–Crippen LogP) is -0.114. The molecule has 0 atom stereocenters. The van der Waals surface area contributed by atoms with Crippen molar-refractivity contribution in [3.8, 4) is 0 Å². The summed E-state index contributed by atoms with van der Waals surface area (Å²) in [5.41, 5.74) is 0. The lowest BCUT2D eigenvalue weighted by Gasteiger charge is -2.19. The Morgan fingerprint density at radius 3 is 2.80 bits per heavy atom. The van der Waals surface area contributed by atoms with E-state index in [4.69, 9.17) is 4.42 Å². The van der Waals surface area contributed by atoms with Crippen LogP contribution in [0.25, 0.3) is 0 Å². The minimum atomic E-state index is 0.00537. The van der Waals surface area contributed by atoms with Gasteiger partial charge in [-0.1, -0.05) is 6.92 Å². The normalized spacial score (nSPS) is 17.9. The number of carbonyl (C=O) groups excluding carboxylic acids is 1. The van der Waals surface area contributed by atoms with Crippen LogP contribution in [0.4, 0.5) is 0 Å². The Kier molecular flexibility index (Phi) is 5.49. The molecule has 0 aliphatic carbocycles. The Morgan fingerprint density at radius 1 is 1.25 bits per heavy atom. The lowest BCUT2D eigenvalue weighted by molar-refractivity contribution is -0.122. The van der Waals surface area contributed by atoms with Gasteiger partial charge in [0, 0.05) is 19.5 Å². The third-order valence-electron chi connectivity index (χ3n) is 3.43. The number of aryl methyl sites for hydroxylation is 1. The zero-order chi connectivity index (χ0) is 14.4. The summed E-state index contributed by atoms with van der Waals surface area (Å²) in [5, 5.41) is 10.6. The number of hydrogen-bond acceptors (Lipinski definition) is 6. The van der Waals surface area contributed by atoms with Crippen molar-refractivity contribution < 1.29 is 9.21 Å². The molecule has 1 saturated heterocycles. The van der Waals surface area contributed by atoms with Crippen LogP contribution in [-0.2, 0) is 17.8 Å². The Morgan fingerprint density at radius 2 is 2.05 bits per heavy atom. The van der Waals surface area contributed by atoms with Gasteiger partial charge in [-0.3, -0.25) is 9.69 Å². The van der Waals surface area contributed by atoms with E-state index < -0.39 is 0 Å². The fourth-order valence-corrected chi connectivity index (χ4v) is 2.19. The van der Waals surface area contributed by atoms with Gasteiger partial charge in [0.2, 0.25) is 17.7 Å². The summed E-state index contributed by atoms with van der Waals surface area (Å²) in [6.45, 7) is 6.70. The van der Waals surface area contributed by atoms with Crippen LogP contribution < -0.4 is 5.32 Å².